The molecule has 0 spiro atoms. The molecule has 0 bridgehead atoms. The fourth-order valence-corrected chi connectivity index (χ4v) is 4.37. The van der Waals surface area contributed by atoms with Crippen LogP contribution in [0, 0.1) is 18.7 Å². The van der Waals surface area contributed by atoms with Crippen LogP contribution in [-0.2, 0) is 0 Å². The van der Waals surface area contributed by atoms with Gasteiger partial charge in [0, 0.05) is 43.4 Å². The molecule has 4 rings (SSSR count). The van der Waals surface area contributed by atoms with Crippen molar-refractivity contribution < 1.29 is 4.39 Å². The Morgan fingerprint density at radius 3 is 3.11 bits per heavy atom. The first-order valence-electron chi connectivity index (χ1n) is 10.1. The average Bonchev–Trinajstić information content (AvgIpc) is 3.23. The van der Waals surface area contributed by atoms with Gasteiger partial charge in [0.25, 0.3) is 0 Å². The van der Waals surface area contributed by atoms with Crippen LogP contribution in [0.1, 0.15) is 24.8 Å². The van der Waals surface area contributed by atoms with Crippen molar-refractivity contribution in [1.82, 2.24) is 10.3 Å². The predicted molar refractivity (Wildman–Crippen MR) is 113 cm³/mol. The summed E-state index contributed by atoms with van der Waals surface area (Å²) in [5.41, 5.74) is 5.41. The Hall–Kier alpha value is -2.63. The van der Waals surface area contributed by atoms with Gasteiger partial charge < -0.3 is 10.6 Å². The molecule has 2 N–H and O–H groups in total. The van der Waals surface area contributed by atoms with E-state index in [9.17, 15) is 4.39 Å². The van der Waals surface area contributed by atoms with Crippen molar-refractivity contribution in [3.05, 3.63) is 54.0 Å². The number of nitrogens with zero attached hydrogens (tertiary/aromatic N) is 3. The smallest absolute Gasteiger partial charge is 0.126 e. The zero-order valence-electron chi connectivity index (χ0n) is 16.4. The van der Waals surface area contributed by atoms with E-state index in [0.29, 0.717) is 5.56 Å². The van der Waals surface area contributed by atoms with Crippen LogP contribution in [0.2, 0.25) is 0 Å². The van der Waals surface area contributed by atoms with Crippen molar-refractivity contribution in [3.63, 3.8) is 0 Å². The molecule has 148 valence electrons. The largest absolute Gasteiger partial charge is 0.391 e. The highest BCUT2D eigenvalue weighted by atomic mass is 19.1. The lowest BCUT2D eigenvalue weighted by atomic mass is 9.87. The molecule has 2 unspecified atom stereocenters. The predicted octanol–water partition coefficient (Wildman–Crippen LogP) is 3.50. The van der Waals surface area contributed by atoms with E-state index in [0.717, 1.165) is 51.1 Å². The molecule has 6 heteroatoms. The van der Waals surface area contributed by atoms with Gasteiger partial charge in [-0.05, 0) is 55.3 Å². The number of aliphatic imine (C=N–C) groups is 1. The molecule has 1 aromatic carbocycles. The SMILES string of the molecule is C=CNCCC1=NN2CCCC3=CCN=C3C2C1CNc1ccc(F)c(C)c1. The minimum atomic E-state index is -0.172. The second-order valence-corrected chi connectivity index (χ2v) is 7.62. The number of anilines is 1. The van der Waals surface area contributed by atoms with Crippen LogP contribution in [0.4, 0.5) is 10.1 Å². The molecule has 3 aliphatic rings. The zero-order valence-corrected chi connectivity index (χ0v) is 16.4. The van der Waals surface area contributed by atoms with Crippen LogP contribution >= 0.6 is 0 Å². The molecule has 0 aromatic heterocycles. The maximum Gasteiger partial charge on any atom is 0.126 e. The molecule has 0 saturated carbocycles. The normalized spacial score (nSPS) is 23.2. The first-order valence-corrected chi connectivity index (χ1v) is 10.1. The summed E-state index contributed by atoms with van der Waals surface area (Å²) >= 11 is 0. The molecule has 1 saturated heterocycles. The number of hydrogen-bond acceptors (Lipinski definition) is 5. The van der Waals surface area contributed by atoms with Crippen LogP contribution in [-0.4, -0.2) is 48.7 Å². The second-order valence-electron chi connectivity index (χ2n) is 7.62. The van der Waals surface area contributed by atoms with Crippen LogP contribution in [0.3, 0.4) is 0 Å². The van der Waals surface area contributed by atoms with Crippen molar-refractivity contribution in [2.45, 2.75) is 32.2 Å². The lowest BCUT2D eigenvalue weighted by Crippen LogP contribution is -2.42. The fourth-order valence-electron chi connectivity index (χ4n) is 4.37. The van der Waals surface area contributed by atoms with Crippen molar-refractivity contribution in [2.24, 2.45) is 16.0 Å². The standard InChI is InChI=1S/C22H28FN5/c1-3-24-10-9-20-18(14-26-17-6-7-19(23)15(2)13-17)22-21-16(8-11-25-21)5-4-12-28(22)27-20/h3,6-8,13,18,22,24,26H,1,4-5,9-12,14H2,2H3. The van der Waals surface area contributed by atoms with E-state index in [-0.39, 0.29) is 17.8 Å². The third kappa shape index (κ3) is 3.68. The van der Waals surface area contributed by atoms with Gasteiger partial charge in [0.15, 0.2) is 0 Å². The van der Waals surface area contributed by atoms with E-state index in [1.54, 1.807) is 19.2 Å². The highest BCUT2D eigenvalue weighted by Crippen LogP contribution is 2.33. The lowest BCUT2D eigenvalue weighted by molar-refractivity contribution is 0.260. The molecule has 0 amide bonds. The van der Waals surface area contributed by atoms with Crippen molar-refractivity contribution in [2.75, 3.05) is 31.5 Å². The van der Waals surface area contributed by atoms with Crippen LogP contribution in [0.5, 0.6) is 0 Å². The summed E-state index contributed by atoms with van der Waals surface area (Å²) in [6.45, 7) is 8.86. The number of hydrogen-bond donors (Lipinski definition) is 2. The topological polar surface area (TPSA) is 52.0 Å². The third-order valence-electron chi connectivity index (χ3n) is 5.78. The second kappa shape index (κ2) is 8.17. The van der Waals surface area contributed by atoms with E-state index < -0.39 is 0 Å². The molecule has 2 atom stereocenters. The Morgan fingerprint density at radius 2 is 2.29 bits per heavy atom. The Balaban J connectivity index is 1.55. The van der Waals surface area contributed by atoms with Gasteiger partial charge in [-0.25, -0.2) is 4.39 Å². The van der Waals surface area contributed by atoms with Crippen molar-refractivity contribution in [1.29, 1.82) is 0 Å². The van der Waals surface area contributed by atoms with Gasteiger partial charge in [-0.3, -0.25) is 10.0 Å². The van der Waals surface area contributed by atoms with Gasteiger partial charge in [-0.15, -0.1) is 0 Å². The van der Waals surface area contributed by atoms with E-state index in [1.807, 2.05) is 6.07 Å². The summed E-state index contributed by atoms with van der Waals surface area (Å²) in [7, 11) is 0. The number of nitrogens with one attached hydrogen (secondary N) is 2. The van der Waals surface area contributed by atoms with Crippen LogP contribution < -0.4 is 10.6 Å². The molecule has 1 aromatic rings. The van der Waals surface area contributed by atoms with E-state index in [2.05, 4.69) is 28.3 Å². The Labute approximate surface area is 166 Å². The maximum absolute atomic E-state index is 13.6. The number of rotatable bonds is 7. The summed E-state index contributed by atoms with van der Waals surface area (Å²) in [5.74, 6) is 0.0736. The number of benzene rings is 1. The molecule has 0 aliphatic carbocycles. The average molecular weight is 381 g/mol. The van der Waals surface area contributed by atoms with Gasteiger partial charge in [0.05, 0.1) is 18.3 Å². The maximum atomic E-state index is 13.6. The monoisotopic (exact) mass is 381 g/mol. The number of halogens is 1. The molecule has 3 heterocycles. The summed E-state index contributed by atoms with van der Waals surface area (Å²) in [6, 6.07) is 5.39. The van der Waals surface area contributed by atoms with Gasteiger partial charge in [-0.1, -0.05) is 12.7 Å². The Kier molecular flexibility index (Phi) is 5.46. The first kappa shape index (κ1) is 18.7. The van der Waals surface area contributed by atoms with E-state index >= 15 is 0 Å². The fraction of sp³-hybridized carbons (Fsp3) is 0.455. The molecule has 3 aliphatic heterocycles. The lowest BCUT2D eigenvalue weighted by Gasteiger charge is -2.27. The third-order valence-corrected chi connectivity index (χ3v) is 5.78. The summed E-state index contributed by atoms with van der Waals surface area (Å²) in [6.07, 6.45) is 7.07. The van der Waals surface area contributed by atoms with Crippen LogP contribution in [0.15, 0.2) is 52.7 Å². The Morgan fingerprint density at radius 1 is 1.39 bits per heavy atom. The molecular weight excluding hydrogens is 353 g/mol. The van der Waals surface area contributed by atoms with Gasteiger partial charge in [-0.2, -0.15) is 5.10 Å². The molecular formula is C22H28FN5. The summed E-state index contributed by atoms with van der Waals surface area (Å²) in [5, 5.41) is 13.9. The van der Waals surface area contributed by atoms with Gasteiger partial charge >= 0.3 is 0 Å². The summed E-state index contributed by atoms with van der Waals surface area (Å²) < 4.78 is 13.6. The molecule has 28 heavy (non-hydrogen) atoms. The highest BCUT2D eigenvalue weighted by molar-refractivity contribution is 6.09. The summed E-state index contributed by atoms with van der Waals surface area (Å²) in [4.78, 5) is 4.82. The minimum absolute atomic E-state index is 0.172. The quantitative estimate of drug-likeness (QED) is 0.711. The van der Waals surface area contributed by atoms with Crippen molar-refractivity contribution >= 4 is 17.1 Å². The molecule has 5 nitrogen and oxygen atoms in total. The van der Waals surface area contributed by atoms with Gasteiger partial charge in [0.2, 0.25) is 0 Å². The Bertz CT molecular complexity index is 841. The first-order chi connectivity index (χ1) is 13.7. The van der Waals surface area contributed by atoms with E-state index in [4.69, 9.17) is 10.1 Å². The van der Waals surface area contributed by atoms with Crippen LogP contribution in [0.25, 0.3) is 0 Å². The van der Waals surface area contributed by atoms with Crippen molar-refractivity contribution in [3.8, 4) is 0 Å². The minimum Gasteiger partial charge on any atom is -0.391 e. The van der Waals surface area contributed by atoms with Gasteiger partial charge in [0.1, 0.15) is 5.82 Å². The number of fused-ring (bicyclic) bond motifs is 3. The number of aryl methyl sites for hydroxylation is 1. The molecule has 0 radical (unpaired) electrons. The van der Waals surface area contributed by atoms with E-state index in [1.165, 1.54) is 23.1 Å². The number of hydrazone groups is 1. The molecule has 1 fully saturated rings. The zero-order chi connectivity index (χ0) is 19.5. The highest BCUT2D eigenvalue weighted by Gasteiger charge is 2.42.